The van der Waals surface area contributed by atoms with E-state index in [1.165, 1.54) is 13.0 Å². The van der Waals surface area contributed by atoms with Gasteiger partial charge < -0.3 is 10.3 Å². The summed E-state index contributed by atoms with van der Waals surface area (Å²) in [6.07, 6.45) is -5.02. The molecule has 4 rings (SSSR count). The molecule has 198 valence electrons. The Morgan fingerprint density at radius 3 is 2.21 bits per heavy atom. The number of hydrogen-bond donors (Lipinski definition) is 2. The molecule has 1 heterocycles. The summed E-state index contributed by atoms with van der Waals surface area (Å²) < 4.78 is 80.9. The van der Waals surface area contributed by atoms with Crippen LogP contribution in [0.2, 0.25) is 0 Å². The molecule has 0 fully saturated rings. The predicted molar refractivity (Wildman–Crippen MR) is 126 cm³/mol. The number of carbonyl (C=O) groups excluding carboxylic acids is 1. The number of aromatic nitrogens is 2. The minimum absolute atomic E-state index is 0.00749. The average Bonchev–Trinajstić information content (AvgIpc) is 2.83. The average molecular weight is 535 g/mol. The summed E-state index contributed by atoms with van der Waals surface area (Å²) in [4.78, 5) is 41.9. The third-order valence-electron chi connectivity index (χ3n) is 6.00. The molecule has 12 heteroatoms. The first-order chi connectivity index (χ1) is 17.8. The molecule has 2 N–H and O–H groups in total. The fourth-order valence-electron chi connectivity index (χ4n) is 4.08. The standard InChI is InChI=1S/C26H19F6N3O3/c1-13(18-8-6-17(28)12-20(18)29)33-23(36)22(10-14-2-4-15(5-3-14)26(30,31)32)35-24(37)19-11-16(27)7-9-21(19)34-25(35)38/h2-9,11-13,22H,10H2,1H3,(H,33,36)(H,34,38)/t13-,22-/m0/s1. The van der Waals surface area contributed by atoms with Crippen LogP contribution in [0.15, 0.2) is 70.3 Å². The summed E-state index contributed by atoms with van der Waals surface area (Å²) in [5, 5.41) is 2.21. The summed E-state index contributed by atoms with van der Waals surface area (Å²) in [6.45, 7) is 1.38. The van der Waals surface area contributed by atoms with E-state index in [1.807, 2.05) is 0 Å². The highest BCUT2D eigenvalue weighted by atomic mass is 19.4. The molecule has 0 aliphatic rings. The number of halogens is 6. The quantitative estimate of drug-likeness (QED) is 0.349. The van der Waals surface area contributed by atoms with Gasteiger partial charge in [-0.05, 0) is 48.9 Å². The maximum Gasteiger partial charge on any atom is 0.416 e. The highest BCUT2D eigenvalue weighted by molar-refractivity contribution is 5.82. The van der Waals surface area contributed by atoms with Crippen LogP contribution in [0, 0.1) is 17.5 Å². The molecule has 6 nitrogen and oxygen atoms in total. The van der Waals surface area contributed by atoms with Crippen LogP contribution in [0.3, 0.4) is 0 Å². The maximum absolute atomic E-state index is 14.3. The number of alkyl halides is 3. The third kappa shape index (κ3) is 5.48. The van der Waals surface area contributed by atoms with Crippen LogP contribution >= 0.6 is 0 Å². The van der Waals surface area contributed by atoms with Crippen LogP contribution in [0.5, 0.6) is 0 Å². The molecular formula is C26H19F6N3O3. The second-order valence-corrected chi connectivity index (χ2v) is 8.61. The van der Waals surface area contributed by atoms with Crippen molar-refractivity contribution in [3.63, 3.8) is 0 Å². The lowest BCUT2D eigenvalue weighted by molar-refractivity contribution is -0.137. The number of amides is 1. The molecule has 0 unspecified atom stereocenters. The number of aromatic amines is 1. The van der Waals surface area contributed by atoms with E-state index >= 15 is 0 Å². The Balaban J connectivity index is 1.78. The minimum atomic E-state index is -4.61. The van der Waals surface area contributed by atoms with E-state index in [-0.39, 0.29) is 22.0 Å². The van der Waals surface area contributed by atoms with Crippen molar-refractivity contribution in [2.45, 2.75) is 31.6 Å². The molecule has 2 atom stereocenters. The topological polar surface area (TPSA) is 84.0 Å². The Morgan fingerprint density at radius 1 is 0.947 bits per heavy atom. The maximum atomic E-state index is 14.3. The van der Waals surface area contributed by atoms with Crippen LogP contribution in [-0.2, 0) is 17.4 Å². The predicted octanol–water partition coefficient (Wildman–Crippen LogP) is 4.79. The fourth-order valence-corrected chi connectivity index (χ4v) is 4.08. The number of rotatable bonds is 6. The van der Waals surface area contributed by atoms with Gasteiger partial charge in [-0.15, -0.1) is 0 Å². The molecule has 0 aliphatic carbocycles. The smallest absolute Gasteiger partial charge is 0.348 e. The number of carbonyl (C=O) groups is 1. The first-order valence-electron chi connectivity index (χ1n) is 11.2. The van der Waals surface area contributed by atoms with E-state index in [0.717, 1.165) is 48.5 Å². The highest BCUT2D eigenvalue weighted by Gasteiger charge is 2.31. The molecule has 38 heavy (non-hydrogen) atoms. The lowest BCUT2D eigenvalue weighted by Crippen LogP contribution is -2.46. The lowest BCUT2D eigenvalue weighted by Gasteiger charge is -2.22. The van der Waals surface area contributed by atoms with Gasteiger partial charge >= 0.3 is 11.9 Å². The van der Waals surface area contributed by atoms with Crippen LogP contribution in [0.4, 0.5) is 26.3 Å². The minimum Gasteiger partial charge on any atom is -0.348 e. The molecule has 0 aliphatic heterocycles. The van der Waals surface area contributed by atoms with Crippen LogP contribution in [0.25, 0.3) is 10.9 Å². The van der Waals surface area contributed by atoms with Crippen molar-refractivity contribution < 1.29 is 31.1 Å². The number of nitrogens with zero attached hydrogens (tertiary/aromatic N) is 1. The van der Waals surface area contributed by atoms with Crippen LogP contribution in [-0.4, -0.2) is 15.5 Å². The second-order valence-electron chi connectivity index (χ2n) is 8.61. The Morgan fingerprint density at radius 2 is 1.58 bits per heavy atom. The van der Waals surface area contributed by atoms with Gasteiger partial charge in [-0.3, -0.25) is 9.59 Å². The summed E-state index contributed by atoms with van der Waals surface area (Å²) in [5.41, 5.74) is -2.90. The summed E-state index contributed by atoms with van der Waals surface area (Å²) in [6, 6.07) is 6.83. The summed E-state index contributed by atoms with van der Waals surface area (Å²) in [5.74, 6) is -3.53. The Kier molecular flexibility index (Phi) is 7.16. The van der Waals surface area contributed by atoms with Gasteiger partial charge in [0, 0.05) is 18.1 Å². The van der Waals surface area contributed by atoms with E-state index in [4.69, 9.17) is 0 Å². The molecule has 0 bridgehead atoms. The van der Waals surface area contributed by atoms with E-state index < -0.39 is 64.9 Å². The fraction of sp³-hybridized carbons (Fsp3) is 0.192. The highest BCUT2D eigenvalue weighted by Crippen LogP contribution is 2.29. The Bertz CT molecular complexity index is 1630. The SMILES string of the molecule is C[C@H](NC(=O)[C@H](Cc1ccc(C(F)(F)F)cc1)n1c(=O)[nH]c2ccc(F)cc2c1=O)c1ccc(F)cc1F. The van der Waals surface area contributed by atoms with Crippen molar-refractivity contribution in [2.75, 3.05) is 0 Å². The van der Waals surface area contributed by atoms with E-state index in [1.54, 1.807) is 0 Å². The number of fused-ring (bicyclic) bond motifs is 1. The molecule has 1 aromatic heterocycles. The largest absolute Gasteiger partial charge is 0.416 e. The molecule has 0 spiro atoms. The monoisotopic (exact) mass is 535 g/mol. The summed E-state index contributed by atoms with van der Waals surface area (Å²) in [7, 11) is 0. The van der Waals surface area contributed by atoms with E-state index in [0.29, 0.717) is 10.6 Å². The number of H-pyrrole nitrogens is 1. The van der Waals surface area contributed by atoms with Gasteiger partial charge in [-0.2, -0.15) is 13.2 Å². The Labute approximate surface area is 210 Å². The molecule has 3 aromatic carbocycles. The molecule has 0 radical (unpaired) electrons. The van der Waals surface area contributed by atoms with Gasteiger partial charge in [0.1, 0.15) is 23.5 Å². The van der Waals surface area contributed by atoms with Gasteiger partial charge in [-0.1, -0.05) is 18.2 Å². The zero-order valence-electron chi connectivity index (χ0n) is 19.6. The Hall–Kier alpha value is -4.35. The first-order valence-corrected chi connectivity index (χ1v) is 11.2. The zero-order valence-corrected chi connectivity index (χ0v) is 19.6. The number of nitrogens with one attached hydrogen (secondary N) is 2. The molecule has 0 saturated heterocycles. The molecular weight excluding hydrogens is 516 g/mol. The van der Waals surface area contributed by atoms with Crippen molar-refractivity contribution in [1.82, 2.24) is 14.9 Å². The number of hydrogen-bond acceptors (Lipinski definition) is 3. The molecule has 1 amide bonds. The second kappa shape index (κ2) is 10.2. The van der Waals surface area contributed by atoms with Crippen molar-refractivity contribution in [1.29, 1.82) is 0 Å². The van der Waals surface area contributed by atoms with Gasteiger partial charge in [0.05, 0.1) is 22.5 Å². The lowest BCUT2D eigenvalue weighted by atomic mass is 10.0. The van der Waals surface area contributed by atoms with Crippen LogP contribution in [0.1, 0.15) is 35.7 Å². The van der Waals surface area contributed by atoms with Gasteiger partial charge in [0.2, 0.25) is 5.91 Å². The third-order valence-corrected chi connectivity index (χ3v) is 6.00. The molecule has 0 saturated carbocycles. The number of benzene rings is 3. The van der Waals surface area contributed by atoms with E-state index in [9.17, 15) is 40.7 Å². The van der Waals surface area contributed by atoms with Crippen molar-refractivity contribution in [2.24, 2.45) is 0 Å². The van der Waals surface area contributed by atoms with Crippen LogP contribution < -0.4 is 16.6 Å². The summed E-state index contributed by atoms with van der Waals surface area (Å²) >= 11 is 0. The van der Waals surface area contributed by atoms with Gasteiger partial charge in [0.25, 0.3) is 5.56 Å². The van der Waals surface area contributed by atoms with E-state index in [2.05, 4.69) is 10.3 Å². The normalized spacial score (nSPS) is 13.3. The van der Waals surface area contributed by atoms with Crippen molar-refractivity contribution in [3.05, 3.63) is 116 Å². The van der Waals surface area contributed by atoms with Crippen molar-refractivity contribution >= 4 is 16.8 Å². The zero-order chi connectivity index (χ0) is 27.8. The van der Waals surface area contributed by atoms with Gasteiger partial charge in [0.15, 0.2) is 0 Å². The van der Waals surface area contributed by atoms with Crippen molar-refractivity contribution in [3.8, 4) is 0 Å². The molecule has 4 aromatic rings. The first kappa shape index (κ1) is 26.7. The van der Waals surface area contributed by atoms with Gasteiger partial charge in [-0.25, -0.2) is 22.5 Å².